The first-order valence-electron chi connectivity index (χ1n) is 9.24. The summed E-state index contributed by atoms with van der Waals surface area (Å²) < 4.78 is 0. The van der Waals surface area contributed by atoms with E-state index in [0.29, 0.717) is 0 Å². The van der Waals surface area contributed by atoms with Crippen LogP contribution in [0, 0.1) is 16.7 Å². The van der Waals surface area contributed by atoms with Gasteiger partial charge in [0, 0.05) is 49.4 Å². The summed E-state index contributed by atoms with van der Waals surface area (Å²) in [6, 6.07) is 2.24. The van der Waals surface area contributed by atoms with E-state index in [2.05, 4.69) is 40.5 Å². The van der Waals surface area contributed by atoms with Crippen LogP contribution in [0.2, 0.25) is 0 Å². The molecule has 4 aliphatic rings. The normalized spacial score (nSPS) is 30.8. The number of hydrogen-bond donors (Lipinski definition) is 0. The number of nitrogens with zero attached hydrogens (tertiary/aromatic N) is 4. The number of allylic oxidation sites excluding steroid dienone is 5. The van der Waals surface area contributed by atoms with Gasteiger partial charge in [-0.3, -0.25) is 9.90 Å². The Bertz CT molecular complexity index is 739. The highest BCUT2D eigenvalue weighted by Gasteiger charge is 2.49. The van der Waals surface area contributed by atoms with Crippen molar-refractivity contribution in [2.75, 3.05) is 52.6 Å². The maximum Gasteiger partial charge on any atom is 0.0911 e. The first-order valence-corrected chi connectivity index (χ1v) is 10.3. The standard InChI is InChI=1S/C20H26N4OS/c1-22-9-11-23(12-10-22)18-6-8-24(25-2)19-4-3-16(5-7-21)13-20(19)15-26-14-17(18)20/h4-6,14H,3,8-13,15H2,1-2H3. The predicted octanol–water partition coefficient (Wildman–Crippen LogP) is 2.74. The van der Waals surface area contributed by atoms with Gasteiger partial charge < -0.3 is 9.80 Å². The molecule has 3 heterocycles. The largest absolute Gasteiger partial charge is 0.369 e. The molecule has 0 aromatic rings. The van der Waals surface area contributed by atoms with E-state index in [9.17, 15) is 0 Å². The molecule has 1 aliphatic carbocycles. The minimum absolute atomic E-state index is 0.0761. The van der Waals surface area contributed by atoms with E-state index in [0.717, 1.165) is 51.3 Å². The fourth-order valence-corrected chi connectivity index (χ4v) is 5.82. The Hall–Kier alpha value is -1.68. The summed E-state index contributed by atoms with van der Waals surface area (Å²) in [4.78, 5) is 10.7. The number of piperazine rings is 1. The average molecular weight is 371 g/mol. The van der Waals surface area contributed by atoms with Gasteiger partial charge in [-0.05, 0) is 36.9 Å². The third-order valence-electron chi connectivity index (χ3n) is 5.95. The molecule has 0 aromatic carbocycles. The van der Waals surface area contributed by atoms with Crippen molar-refractivity contribution in [3.05, 3.63) is 46.2 Å². The van der Waals surface area contributed by atoms with Gasteiger partial charge in [0.1, 0.15) is 0 Å². The number of hydrogen-bond acceptors (Lipinski definition) is 6. The molecular weight excluding hydrogens is 344 g/mol. The van der Waals surface area contributed by atoms with Gasteiger partial charge in [0.2, 0.25) is 0 Å². The molecule has 4 rings (SSSR count). The first-order chi connectivity index (χ1) is 12.7. The van der Waals surface area contributed by atoms with Crippen molar-refractivity contribution < 1.29 is 4.84 Å². The molecule has 1 fully saturated rings. The Morgan fingerprint density at radius 3 is 2.81 bits per heavy atom. The fourth-order valence-electron chi connectivity index (χ4n) is 4.53. The van der Waals surface area contributed by atoms with Gasteiger partial charge in [0.25, 0.3) is 0 Å². The lowest BCUT2D eigenvalue weighted by Crippen LogP contribution is -2.45. The number of rotatable bonds is 2. The number of hydroxylamine groups is 2. The van der Waals surface area contributed by atoms with E-state index in [-0.39, 0.29) is 5.41 Å². The van der Waals surface area contributed by atoms with Gasteiger partial charge in [0.15, 0.2) is 0 Å². The minimum Gasteiger partial charge on any atom is -0.369 e. The Morgan fingerprint density at radius 1 is 1.27 bits per heavy atom. The van der Waals surface area contributed by atoms with Crippen LogP contribution >= 0.6 is 11.8 Å². The highest BCUT2D eigenvalue weighted by molar-refractivity contribution is 8.02. The second-order valence-electron chi connectivity index (χ2n) is 7.45. The summed E-state index contributed by atoms with van der Waals surface area (Å²) in [5.74, 6) is 1.02. The van der Waals surface area contributed by atoms with Crippen LogP contribution in [0.15, 0.2) is 46.2 Å². The monoisotopic (exact) mass is 370 g/mol. The van der Waals surface area contributed by atoms with Gasteiger partial charge in [0.05, 0.1) is 25.1 Å². The summed E-state index contributed by atoms with van der Waals surface area (Å²) in [6.07, 6.45) is 8.10. The maximum atomic E-state index is 9.16. The molecule has 0 aromatic heterocycles. The Labute approximate surface area is 160 Å². The van der Waals surface area contributed by atoms with Crippen LogP contribution in [0.1, 0.15) is 12.8 Å². The van der Waals surface area contributed by atoms with Crippen molar-refractivity contribution in [3.63, 3.8) is 0 Å². The molecule has 0 amide bonds. The summed E-state index contributed by atoms with van der Waals surface area (Å²) in [6.45, 7) is 5.09. The zero-order valence-electron chi connectivity index (χ0n) is 15.6. The molecule has 1 unspecified atom stereocenters. The molecule has 138 valence electrons. The van der Waals surface area contributed by atoms with Crippen LogP contribution in [-0.2, 0) is 4.84 Å². The zero-order valence-corrected chi connectivity index (χ0v) is 16.4. The summed E-state index contributed by atoms with van der Waals surface area (Å²) >= 11 is 1.89. The van der Waals surface area contributed by atoms with E-state index >= 15 is 0 Å². The Balaban J connectivity index is 1.75. The average Bonchev–Trinajstić information content (AvgIpc) is 2.99. The molecular formula is C20H26N4OS. The lowest BCUT2D eigenvalue weighted by Gasteiger charge is -2.43. The van der Waals surface area contributed by atoms with Crippen LogP contribution < -0.4 is 0 Å². The van der Waals surface area contributed by atoms with E-state index in [1.54, 1.807) is 13.2 Å². The lowest BCUT2D eigenvalue weighted by atomic mass is 9.69. The van der Waals surface area contributed by atoms with Crippen molar-refractivity contribution in [1.82, 2.24) is 14.9 Å². The van der Waals surface area contributed by atoms with Crippen molar-refractivity contribution in [3.8, 4) is 6.07 Å². The first kappa shape index (κ1) is 17.7. The van der Waals surface area contributed by atoms with Crippen LogP contribution in [0.4, 0.5) is 0 Å². The topological polar surface area (TPSA) is 42.7 Å². The Kier molecular flexibility index (Phi) is 4.87. The van der Waals surface area contributed by atoms with Gasteiger partial charge in [-0.1, -0.05) is 11.6 Å². The second kappa shape index (κ2) is 7.15. The van der Waals surface area contributed by atoms with E-state index < -0.39 is 0 Å². The zero-order chi connectivity index (χ0) is 18.1. The van der Waals surface area contributed by atoms with E-state index in [1.165, 1.54) is 22.5 Å². The van der Waals surface area contributed by atoms with Crippen molar-refractivity contribution in [2.24, 2.45) is 5.41 Å². The molecule has 0 saturated carbocycles. The Morgan fingerprint density at radius 2 is 2.08 bits per heavy atom. The minimum atomic E-state index is -0.0761. The summed E-state index contributed by atoms with van der Waals surface area (Å²) in [7, 11) is 3.95. The van der Waals surface area contributed by atoms with Gasteiger partial charge in [-0.2, -0.15) is 5.26 Å². The summed E-state index contributed by atoms with van der Waals surface area (Å²) in [5, 5.41) is 13.6. The fraction of sp³-hybridized carbons (Fsp3) is 0.550. The number of nitriles is 1. The second-order valence-corrected chi connectivity index (χ2v) is 8.31. The molecule has 5 nitrogen and oxygen atoms in total. The van der Waals surface area contributed by atoms with Crippen LogP contribution in [0.3, 0.4) is 0 Å². The molecule has 0 radical (unpaired) electrons. The molecule has 1 saturated heterocycles. The van der Waals surface area contributed by atoms with Crippen LogP contribution in [0.5, 0.6) is 0 Å². The van der Waals surface area contributed by atoms with Crippen molar-refractivity contribution >= 4 is 11.8 Å². The van der Waals surface area contributed by atoms with Gasteiger partial charge in [-0.15, -0.1) is 11.8 Å². The third-order valence-corrected chi connectivity index (χ3v) is 7.01. The van der Waals surface area contributed by atoms with Crippen molar-refractivity contribution in [2.45, 2.75) is 12.8 Å². The van der Waals surface area contributed by atoms with Gasteiger partial charge in [-0.25, -0.2) is 0 Å². The predicted molar refractivity (Wildman–Crippen MR) is 105 cm³/mol. The van der Waals surface area contributed by atoms with Crippen molar-refractivity contribution in [1.29, 1.82) is 5.26 Å². The van der Waals surface area contributed by atoms with Crippen LogP contribution in [0.25, 0.3) is 0 Å². The molecule has 1 atom stereocenters. The molecule has 1 spiro atoms. The van der Waals surface area contributed by atoms with Gasteiger partial charge >= 0.3 is 0 Å². The number of likely N-dealkylation sites (N-methyl/N-ethyl adjacent to an activating group) is 1. The number of thioether (sulfide) groups is 1. The highest BCUT2D eigenvalue weighted by atomic mass is 32.2. The molecule has 3 aliphatic heterocycles. The van der Waals surface area contributed by atoms with Crippen LogP contribution in [-0.4, -0.2) is 67.5 Å². The molecule has 0 bridgehead atoms. The molecule has 26 heavy (non-hydrogen) atoms. The molecule has 6 heteroatoms. The maximum absolute atomic E-state index is 9.16. The SMILES string of the molecule is CON1CC=C(N2CCN(C)CC2)C2=CSCC23CC(=CC#N)CC=C13. The molecule has 0 N–H and O–H groups in total. The third kappa shape index (κ3) is 2.88. The quantitative estimate of drug-likeness (QED) is 0.697. The highest BCUT2D eigenvalue weighted by Crippen LogP contribution is 2.56. The summed E-state index contributed by atoms with van der Waals surface area (Å²) in [5.41, 5.74) is 5.20. The van der Waals surface area contributed by atoms with E-state index in [4.69, 9.17) is 10.1 Å². The van der Waals surface area contributed by atoms with E-state index in [1.807, 2.05) is 16.8 Å². The lowest BCUT2D eigenvalue weighted by molar-refractivity contribution is -0.103. The smallest absolute Gasteiger partial charge is 0.0911 e.